The molecule has 0 aromatic heterocycles. The fraction of sp³-hybridized carbons (Fsp3) is 0.250. The van der Waals surface area contributed by atoms with Crippen molar-refractivity contribution in [2.45, 2.75) is 12.8 Å². The molecule has 0 N–H and O–H groups in total. The van der Waals surface area contributed by atoms with E-state index >= 15 is 0 Å². The molecule has 0 heterocycles. The van der Waals surface area contributed by atoms with Gasteiger partial charge < -0.3 is 0 Å². The zero-order chi connectivity index (χ0) is 7.56. The van der Waals surface area contributed by atoms with Gasteiger partial charge in [-0.15, -0.1) is 11.6 Å². The minimum absolute atomic E-state index is 0.492. The summed E-state index contributed by atoms with van der Waals surface area (Å²) in [6.07, 6.45) is 0. The second-order valence-corrected chi connectivity index (χ2v) is 2.84. The molecule has 0 unspecified atom stereocenters. The van der Waals surface area contributed by atoms with Crippen molar-refractivity contribution in [2.24, 2.45) is 0 Å². The third-order valence-corrected chi connectivity index (χ3v) is 2.11. The van der Waals surface area contributed by atoms with Crippen LogP contribution in [0.4, 0.5) is 0 Å². The normalized spacial score (nSPS) is 9.90. The average Bonchev–Trinajstić information content (AvgIpc) is 1.88. The van der Waals surface area contributed by atoms with E-state index in [9.17, 15) is 0 Å². The molecule has 2 heteroatoms. The number of hydrogen-bond donors (Lipinski definition) is 0. The van der Waals surface area contributed by atoms with Crippen molar-refractivity contribution in [3.05, 3.63) is 34.3 Å². The van der Waals surface area contributed by atoms with Crippen LogP contribution < -0.4 is 0 Å². The third kappa shape index (κ3) is 1.44. The smallest absolute Gasteiger partial charge is 0.0491 e. The molecule has 0 amide bonds. The number of hydrogen-bond acceptors (Lipinski definition) is 0. The zero-order valence-electron chi connectivity index (χ0n) is 5.70. The molecule has 1 rings (SSSR count). The maximum atomic E-state index is 5.85. The van der Waals surface area contributed by atoms with Crippen LogP contribution in [-0.4, -0.2) is 0 Å². The van der Waals surface area contributed by atoms with E-state index in [4.69, 9.17) is 23.2 Å². The maximum absolute atomic E-state index is 5.85. The van der Waals surface area contributed by atoms with Gasteiger partial charge in [0.15, 0.2) is 0 Å². The minimum Gasteiger partial charge on any atom is -0.121 e. The molecule has 0 aliphatic carbocycles. The van der Waals surface area contributed by atoms with Crippen LogP contribution >= 0.6 is 23.2 Å². The molecule has 0 radical (unpaired) electrons. The Morgan fingerprint density at radius 3 is 2.50 bits per heavy atom. The van der Waals surface area contributed by atoms with Gasteiger partial charge in [-0.1, -0.05) is 23.7 Å². The van der Waals surface area contributed by atoms with Crippen LogP contribution in [0.3, 0.4) is 0 Å². The first kappa shape index (κ1) is 7.90. The van der Waals surface area contributed by atoms with Crippen molar-refractivity contribution in [1.29, 1.82) is 0 Å². The Bertz CT molecular complexity index is 210. The molecule has 0 fully saturated rings. The number of aryl methyl sites for hydroxylation is 1. The van der Waals surface area contributed by atoms with Gasteiger partial charge >= 0.3 is 0 Å². The minimum atomic E-state index is 0.492. The lowest BCUT2D eigenvalue weighted by atomic mass is 10.1. The van der Waals surface area contributed by atoms with E-state index in [2.05, 4.69) is 0 Å². The van der Waals surface area contributed by atoms with E-state index in [1.54, 1.807) is 0 Å². The van der Waals surface area contributed by atoms with Crippen molar-refractivity contribution >= 4 is 23.2 Å². The monoisotopic (exact) mass is 174 g/mol. The fourth-order valence-electron chi connectivity index (χ4n) is 0.836. The molecular weight excluding hydrogens is 167 g/mol. The summed E-state index contributed by atoms with van der Waals surface area (Å²) in [6, 6.07) is 5.78. The Morgan fingerprint density at radius 2 is 2.10 bits per heavy atom. The molecule has 0 atom stereocenters. The maximum Gasteiger partial charge on any atom is 0.0491 e. The number of rotatable bonds is 1. The lowest BCUT2D eigenvalue weighted by Crippen LogP contribution is -1.84. The molecule has 1 aromatic carbocycles. The van der Waals surface area contributed by atoms with E-state index in [1.807, 2.05) is 25.1 Å². The first-order chi connectivity index (χ1) is 4.75. The topological polar surface area (TPSA) is 0 Å². The van der Waals surface area contributed by atoms with Gasteiger partial charge in [0, 0.05) is 10.9 Å². The highest BCUT2D eigenvalue weighted by Gasteiger charge is 1.99. The van der Waals surface area contributed by atoms with E-state index in [0.29, 0.717) is 5.88 Å². The molecular formula is C8H8Cl2. The standard InChI is InChI=1S/C8H8Cl2/c1-6-3-2-4-8(10)7(6)5-9/h2-4H,5H2,1H3. The quantitative estimate of drug-likeness (QED) is 0.574. The molecule has 0 nitrogen and oxygen atoms in total. The van der Waals surface area contributed by atoms with E-state index in [1.165, 1.54) is 0 Å². The van der Waals surface area contributed by atoms with Crippen LogP contribution in [-0.2, 0) is 5.88 Å². The molecule has 0 saturated heterocycles. The Labute approximate surface area is 70.8 Å². The largest absolute Gasteiger partial charge is 0.121 e. The van der Waals surface area contributed by atoms with Crippen molar-refractivity contribution in [3.8, 4) is 0 Å². The Kier molecular flexibility index (Phi) is 2.58. The van der Waals surface area contributed by atoms with Crippen LogP contribution in [0.1, 0.15) is 11.1 Å². The van der Waals surface area contributed by atoms with Crippen molar-refractivity contribution < 1.29 is 0 Å². The Balaban J connectivity index is 3.17. The predicted molar refractivity (Wildman–Crippen MR) is 45.7 cm³/mol. The van der Waals surface area contributed by atoms with Crippen LogP contribution in [0.15, 0.2) is 18.2 Å². The number of alkyl halides is 1. The lowest BCUT2D eigenvalue weighted by molar-refractivity contribution is 1.30. The van der Waals surface area contributed by atoms with Gasteiger partial charge in [-0.2, -0.15) is 0 Å². The Hall–Kier alpha value is -0.200. The van der Waals surface area contributed by atoms with Crippen molar-refractivity contribution in [2.75, 3.05) is 0 Å². The van der Waals surface area contributed by atoms with Crippen molar-refractivity contribution in [3.63, 3.8) is 0 Å². The summed E-state index contributed by atoms with van der Waals surface area (Å²) in [4.78, 5) is 0. The second kappa shape index (κ2) is 3.27. The van der Waals surface area contributed by atoms with E-state index < -0.39 is 0 Å². The second-order valence-electron chi connectivity index (χ2n) is 2.17. The zero-order valence-corrected chi connectivity index (χ0v) is 7.21. The van der Waals surface area contributed by atoms with Gasteiger partial charge in [0.2, 0.25) is 0 Å². The van der Waals surface area contributed by atoms with Gasteiger partial charge in [-0.3, -0.25) is 0 Å². The summed E-state index contributed by atoms with van der Waals surface area (Å²) in [7, 11) is 0. The SMILES string of the molecule is Cc1cccc(Cl)c1CCl. The third-order valence-electron chi connectivity index (χ3n) is 1.49. The van der Waals surface area contributed by atoms with Crippen LogP contribution in [0.5, 0.6) is 0 Å². The van der Waals surface area contributed by atoms with Gasteiger partial charge in [0.25, 0.3) is 0 Å². The highest BCUT2D eigenvalue weighted by atomic mass is 35.5. The molecule has 10 heavy (non-hydrogen) atoms. The summed E-state index contributed by atoms with van der Waals surface area (Å²) in [5, 5.41) is 0.759. The highest BCUT2D eigenvalue weighted by Crippen LogP contribution is 2.20. The van der Waals surface area contributed by atoms with Crippen LogP contribution in [0.25, 0.3) is 0 Å². The summed E-state index contributed by atoms with van der Waals surface area (Å²) < 4.78 is 0. The predicted octanol–water partition coefficient (Wildman–Crippen LogP) is 3.39. The van der Waals surface area contributed by atoms with Crippen LogP contribution in [0, 0.1) is 6.92 Å². The number of benzene rings is 1. The molecule has 0 bridgehead atoms. The average molecular weight is 175 g/mol. The number of halogens is 2. The van der Waals surface area contributed by atoms with Gasteiger partial charge in [-0.25, -0.2) is 0 Å². The lowest BCUT2D eigenvalue weighted by Gasteiger charge is -2.02. The summed E-state index contributed by atoms with van der Waals surface area (Å²) >= 11 is 11.5. The molecule has 1 aromatic rings. The van der Waals surface area contributed by atoms with Gasteiger partial charge in [-0.05, 0) is 24.1 Å². The molecule has 0 spiro atoms. The van der Waals surface area contributed by atoms with Crippen LogP contribution in [0.2, 0.25) is 5.02 Å². The molecule has 0 aliphatic heterocycles. The molecule has 0 aliphatic rings. The first-order valence-electron chi connectivity index (χ1n) is 3.05. The summed E-state index contributed by atoms with van der Waals surface area (Å²) in [5.74, 6) is 0.492. The highest BCUT2D eigenvalue weighted by molar-refractivity contribution is 6.32. The molecule has 0 saturated carbocycles. The van der Waals surface area contributed by atoms with Gasteiger partial charge in [0.05, 0.1) is 0 Å². The van der Waals surface area contributed by atoms with E-state index in [-0.39, 0.29) is 0 Å². The Morgan fingerprint density at radius 1 is 1.40 bits per heavy atom. The first-order valence-corrected chi connectivity index (χ1v) is 3.97. The summed E-state index contributed by atoms with van der Waals surface area (Å²) in [5.41, 5.74) is 2.19. The van der Waals surface area contributed by atoms with Gasteiger partial charge in [0.1, 0.15) is 0 Å². The molecule has 54 valence electrons. The van der Waals surface area contributed by atoms with E-state index in [0.717, 1.165) is 16.1 Å². The fourth-order valence-corrected chi connectivity index (χ4v) is 1.55. The van der Waals surface area contributed by atoms with Crippen molar-refractivity contribution in [1.82, 2.24) is 0 Å². The summed E-state index contributed by atoms with van der Waals surface area (Å²) in [6.45, 7) is 2.00.